The fourth-order valence-electron chi connectivity index (χ4n) is 4.60. The van der Waals surface area contributed by atoms with Crippen molar-refractivity contribution in [2.45, 2.75) is 39.0 Å². The highest BCUT2D eigenvalue weighted by atomic mass is 32.2. The van der Waals surface area contributed by atoms with E-state index < -0.39 is 29.0 Å². The second kappa shape index (κ2) is 15.7. The molecule has 0 aliphatic rings. The van der Waals surface area contributed by atoms with Gasteiger partial charge < -0.3 is 24.4 Å². The van der Waals surface area contributed by atoms with Crippen molar-refractivity contribution in [3.05, 3.63) is 106 Å². The van der Waals surface area contributed by atoms with Crippen LogP contribution in [0.4, 0.5) is 0 Å². The summed E-state index contributed by atoms with van der Waals surface area (Å²) in [5.41, 5.74) is 4.62. The van der Waals surface area contributed by atoms with Gasteiger partial charge in [0, 0.05) is 27.7 Å². The van der Waals surface area contributed by atoms with Gasteiger partial charge >= 0.3 is 5.97 Å². The van der Waals surface area contributed by atoms with E-state index in [-0.39, 0.29) is 30.4 Å². The number of carboxylic acid groups (broad SMARTS) is 1. The zero-order chi connectivity index (χ0) is 30.8. The highest BCUT2D eigenvalue weighted by Crippen LogP contribution is 2.34. The third-order valence-corrected chi connectivity index (χ3v) is 8.66. The van der Waals surface area contributed by atoms with Gasteiger partial charge in [-0.25, -0.2) is 4.79 Å². The lowest BCUT2D eigenvalue weighted by molar-refractivity contribution is -0.139. The Kier molecular flexibility index (Phi) is 11.8. The number of aliphatic carboxylic acids is 1. The van der Waals surface area contributed by atoms with E-state index in [1.807, 2.05) is 62.4 Å². The molecule has 0 saturated heterocycles. The monoisotopic (exact) mass is 620 g/mol. The smallest absolute Gasteiger partial charge is 0.326 e. The van der Waals surface area contributed by atoms with Gasteiger partial charge in [-0.3, -0.25) is 9.00 Å². The predicted octanol–water partition coefficient (Wildman–Crippen LogP) is 6.14. The molecule has 2 N–H and O–H groups in total. The van der Waals surface area contributed by atoms with Crippen LogP contribution in [0.5, 0.6) is 0 Å². The number of carboxylic acids is 1. The lowest BCUT2D eigenvalue weighted by Gasteiger charge is -2.19. The molecular formula is C33H34NO7S2-. The Morgan fingerprint density at radius 3 is 2.44 bits per heavy atom. The van der Waals surface area contributed by atoms with Gasteiger partial charge in [0.05, 0.1) is 13.2 Å². The van der Waals surface area contributed by atoms with Gasteiger partial charge in [-0.05, 0) is 72.4 Å². The van der Waals surface area contributed by atoms with Crippen molar-refractivity contribution in [2.75, 3.05) is 19.0 Å². The molecule has 3 aromatic carbocycles. The third-order valence-electron chi connectivity index (χ3n) is 6.87. The molecule has 0 spiro atoms. The summed E-state index contributed by atoms with van der Waals surface area (Å²) in [5, 5.41) is 12.0. The molecule has 1 heterocycles. The topological polar surface area (TPSA) is 125 Å². The van der Waals surface area contributed by atoms with Gasteiger partial charge in [-0.15, -0.1) is 11.3 Å². The summed E-state index contributed by atoms with van der Waals surface area (Å²) in [6.07, 6.45) is -0.533. The Hall–Kier alpha value is -3.67. The Morgan fingerprint density at radius 2 is 1.74 bits per heavy atom. The number of benzene rings is 3. The molecule has 4 aromatic rings. The number of rotatable bonds is 15. The van der Waals surface area contributed by atoms with E-state index in [4.69, 9.17) is 9.47 Å². The molecule has 0 saturated carbocycles. The molecule has 1 aromatic heterocycles. The first-order chi connectivity index (χ1) is 20.8. The molecule has 43 heavy (non-hydrogen) atoms. The van der Waals surface area contributed by atoms with Crippen LogP contribution < -0.4 is 5.32 Å². The maximum absolute atomic E-state index is 13.3. The first-order valence-electron chi connectivity index (χ1n) is 13.9. The van der Waals surface area contributed by atoms with Crippen molar-refractivity contribution in [2.24, 2.45) is 0 Å². The van der Waals surface area contributed by atoms with Crippen LogP contribution in [-0.2, 0) is 32.0 Å². The summed E-state index contributed by atoms with van der Waals surface area (Å²) in [7, 11) is 0. The van der Waals surface area contributed by atoms with Gasteiger partial charge in [-0.2, -0.15) is 0 Å². The molecule has 3 unspecified atom stereocenters. The van der Waals surface area contributed by atoms with Crippen molar-refractivity contribution in [1.82, 2.24) is 5.32 Å². The van der Waals surface area contributed by atoms with Crippen LogP contribution >= 0.6 is 11.3 Å². The molecule has 226 valence electrons. The average Bonchev–Trinajstić information content (AvgIpc) is 3.50. The van der Waals surface area contributed by atoms with Crippen LogP contribution in [-0.4, -0.2) is 50.8 Å². The van der Waals surface area contributed by atoms with E-state index in [0.29, 0.717) is 18.8 Å². The number of ether oxygens (including phenoxy) is 2. The Morgan fingerprint density at radius 1 is 1.00 bits per heavy atom. The Bertz CT molecular complexity index is 1550. The fraction of sp³-hybridized carbons (Fsp3) is 0.273. The molecule has 0 aliphatic heterocycles. The van der Waals surface area contributed by atoms with Crippen LogP contribution in [0.15, 0.2) is 84.9 Å². The molecule has 0 radical (unpaired) electrons. The molecule has 3 atom stereocenters. The van der Waals surface area contributed by atoms with Crippen LogP contribution in [0.25, 0.3) is 21.6 Å². The normalized spacial score (nSPS) is 13.3. The molecule has 4 rings (SSSR count). The summed E-state index contributed by atoms with van der Waals surface area (Å²) < 4.78 is 34.1. The number of carbonyl (C=O) groups is 2. The molecule has 1 amide bonds. The minimum absolute atomic E-state index is 0.237. The Labute approximate surface area is 258 Å². The SMILES string of the molecule is CCOCC(OCc1ccc(C(=O)NC(CCS(=O)[O-])C(=O)O)c(-c2ccccc2C)c1)c1ccc(-c2ccccc2)s1. The molecule has 10 heteroatoms. The largest absolute Gasteiger partial charge is 0.772 e. The number of hydrogen-bond acceptors (Lipinski definition) is 7. The van der Waals surface area contributed by atoms with Gasteiger partial charge in [0.2, 0.25) is 0 Å². The number of carbonyl (C=O) groups excluding carboxylic acids is 1. The quantitative estimate of drug-likeness (QED) is 0.153. The van der Waals surface area contributed by atoms with E-state index >= 15 is 0 Å². The molecule has 0 bridgehead atoms. The molecule has 0 fully saturated rings. The lowest BCUT2D eigenvalue weighted by Crippen LogP contribution is -2.41. The lowest BCUT2D eigenvalue weighted by atomic mass is 9.93. The predicted molar refractivity (Wildman–Crippen MR) is 168 cm³/mol. The highest BCUT2D eigenvalue weighted by Gasteiger charge is 2.23. The minimum atomic E-state index is -2.42. The summed E-state index contributed by atoms with van der Waals surface area (Å²) in [5.74, 6) is -2.28. The number of hydrogen-bond donors (Lipinski definition) is 2. The van der Waals surface area contributed by atoms with Crippen LogP contribution in [0.1, 0.15) is 45.8 Å². The summed E-state index contributed by atoms with van der Waals surface area (Å²) in [6, 6.07) is 25.9. The highest BCUT2D eigenvalue weighted by molar-refractivity contribution is 7.79. The van der Waals surface area contributed by atoms with Gasteiger partial charge in [0.25, 0.3) is 5.91 Å². The second-order valence-electron chi connectivity index (χ2n) is 9.88. The number of amides is 1. The molecular weight excluding hydrogens is 586 g/mol. The second-order valence-corrected chi connectivity index (χ2v) is 12.0. The van der Waals surface area contributed by atoms with Crippen LogP contribution in [0, 0.1) is 6.92 Å². The summed E-state index contributed by atoms with van der Waals surface area (Å²) in [4.78, 5) is 27.2. The average molecular weight is 621 g/mol. The number of thiophene rings is 1. The van der Waals surface area contributed by atoms with Crippen LogP contribution in [0.3, 0.4) is 0 Å². The zero-order valence-corrected chi connectivity index (χ0v) is 25.6. The van der Waals surface area contributed by atoms with E-state index in [0.717, 1.165) is 32.0 Å². The summed E-state index contributed by atoms with van der Waals surface area (Å²) in [6.45, 7) is 5.07. The maximum atomic E-state index is 13.3. The fourth-order valence-corrected chi connectivity index (χ4v) is 6.08. The van der Waals surface area contributed by atoms with Crippen molar-refractivity contribution in [3.8, 4) is 21.6 Å². The maximum Gasteiger partial charge on any atom is 0.326 e. The van der Waals surface area contributed by atoms with E-state index in [1.165, 1.54) is 0 Å². The first-order valence-corrected chi connectivity index (χ1v) is 16.0. The van der Waals surface area contributed by atoms with E-state index in [2.05, 4.69) is 29.6 Å². The van der Waals surface area contributed by atoms with Crippen molar-refractivity contribution in [3.63, 3.8) is 0 Å². The van der Waals surface area contributed by atoms with E-state index in [9.17, 15) is 23.5 Å². The number of aryl methyl sites for hydroxylation is 1. The standard InChI is InChI=1S/C33H35NO7S2/c1-3-40-21-29(31-16-15-30(42-31)24-10-5-4-6-11-24)41-20-23-13-14-26(27(19-23)25-12-8-7-9-22(25)2)32(35)34-28(33(36)37)17-18-43(38)39/h4-16,19,28-29H,3,17-18,20-21H2,1-2H3,(H,34,35)(H,36,37)(H,38,39)/p-1. The molecule has 0 aliphatic carbocycles. The van der Waals surface area contributed by atoms with Gasteiger partial charge in [-0.1, -0.05) is 71.7 Å². The molecule has 8 nitrogen and oxygen atoms in total. The van der Waals surface area contributed by atoms with E-state index in [1.54, 1.807) is 23.5 Å². The summed E-state index contributed by atoms with van der Waals surface area (Å²) >= 11 is -0.763. The van der Waals surface area contributed by atoms with Crippen molar-refractivity contribution in [1.29, 1.82) is 0 Å². The third kappa shape index (κ3) is 8.92. The Balaban J connectivity index is 1.59. The van der Waals surface area contributed by atoms with Gasteiger partial charge in [0.15, 0.2) is 0 Å². The minimum Gasteiger partial charge on any atom is -0.772 e. The van der Waals surface area contributed by atoms with Crippen LogP contribution in [0.2, 0.25) is 0 Å². The first kappa shape index (κ1) is 32.2. The van der Waals surface area contributed by atoms with Gasteiger partial charge in [0.1, 0.15) is 12.1 Å². The van der Waals surface area contributed by atoms with Crippen molar-refractivity contribution < 1.29 is 32.9 Å². The van der Waals surface area contributed by atoms with Crippen molar-refractivity contribution >= 4 is 34.3 Å². The number of nitrogens with one attached hydrogen (secondary N) is 1. The zero-order valence-electron chi connectivity index (χ0n) is 24.0.